The number of nitriles is 1. The predicted molar refractivity (Wildman–Crippen MR) is 61.8 cm³/mol. The maximum atomic E-state index is 11.3. The fourth-order valence-electron chi connectivity index (χ4n) is 1.14. The number of nitrogens with one attached hydrogen (secondary N) is 1. The third-order valence-electron chi connectivity index (χ3n) is 1.89. The summed E-state index contributed by atoms with van der Waals surface area (Å²) < 4.78 is 9.51. The molecule has 0 aliphatic heterocycles. The van der Waals surface area contributed by atoms with Gasteiger partial charge in [0.25, 0.3) is 0 Å². The molecule has 0 saturated heterocycles. The fourth-order valence-corrected chi connectivity index (χ4v) is 1.14. The van der Waals surface area contributed by atoms with Crippen LogP contribution in [0.5, 0.6) is 5.75 Å². The Kier molecular flexibility index (Phi) is 5.19. The van der Waals surface area contributed by atoms with Gasteiger partial charge in [-0.1, -0.05) is 12.1 Å². The van der Waals surface area contributed by atoms with Gasteiger partial charge in [-0.25, -0.2) is 4.79 Å². The molecular weight excluding hydrogens is 236 g/mol. The molecule has 6 heteroatoms. The third kappa shape index (κ3) is 4.14. The third-order valence-corrected chi connectivity index (χ3v) is 1.89. The minimum Gasteiger partial charge on any atom is -0.465 e. The normalized spacial score (nSPS) is 9.11. The zero-order chi connectivity index (χ0) is 13.4. The van der Waals surface area contributed by atoms with Gasteiger partial charge in [0.05, 0.1) is 12.2 Å². The van der Waals surface area contributed by atoms with Gasteiger partial charge in [-0.05, 0) is 19.1 Å². The molecule has 1 N–H and O–H groups in total. The molecule has 1 amide bonds. The second kappa shape index (κ2) is 6.91. The molecule has 0 saturated carbocycles. The van der Waals surface area contributed by atoms with Crippen molar-refractivity contribution in [2.75, 3.05) is 13.2 Å². The first-order chi connectivity index (χ1) is 8.67. The van der Waals surface area contributed by atoms with E-state index in [9.17, 15) is 9.59 Å². The van der Waals surface area contributed by atoms with Crippen molar-refractivity contribution >= 4 is 12.1 Å². The summed E-state index contributed by atoms with van der Waals surface area (Å²) in [6.45, 7) is 1.63. The fraction of sp³-hybridized carbons (Fsp3) is 0.250. The average molecular weight is 248 g/mol. The summed E-state index contributed by atoms with van der Waals surface area (Å²) >= 11 is 0. The van der Waals surface area contributed by atoms with E-state index >= 15 is 0 Å². The van der Waals surface area contributed by atoms with Gasteiger partial charge in [-0.3, -0.25) is 4.79 Å². The average Bonchev–Trinajstić information content (AvgIpc) is 2.37. The van der Waals surface area contributed by atoms with Crippen molar-refractivity contribution < 1.29 is 19.1 Å². The second-order valence-electron chi connectivity index (χ2n) is 3.16. The molecule has 0 atom stereocenters. The molecule has 0 unspecified atom stereocenters. The molecule has 0 spiro atoms. The van der Waals surface area contributed by atoms with E-state index in [1.54, 1.807) is 19.1 Å². The van der Waals surface area contributed by atoms with Crippen molar-refractivity contribution in [2.24, 2.45) is 0 Å². The van der Waals surface area contributed by atoms with E-state index in [2.05, 4.69) is 10.1 Å². The standard InChI is InChI=1S/C12H12N2O4/c1-2-17-11(15)8-14-12(16)18-10-6-4-3-5-9(10)7-13/h3-6H,2,8H2,1H3,(H,14,16). The van der Waals surface area contributed by atoms with E-state index in [1.165, 1.54) is 12.1 Å². The number of ether oxygens (including phenoxy) is 2. The Morgan fingerprint density at radius 2 is 2.11 bits per heavy atom. The highest BCUT2D eigenvalue weighted by Crippen LogP contribution is 2.16. The monoisotopic (exact) mass is 248 g/mol. The smallest absolute Gasteiger partial charge is 0.413 e. The van der Waals surface area contributed by atoms with E-state index in [4.69, 9.17) is 10.00 Å². The molecule has 0 aliphatic carbocycles. The van der Waals surface area contributed by atoms with Crippen molar-refractivity contribution in [1.82, 2.24) is 5.32 Å². The molecule has 94 valence electrons. The minimum absolute atomic E-state index is 0.140. The first-order valence-corrected chi connectivity index (χ1v) is 5.27. The number of hydrogen-bond donors (Lipinski definition) is 1. The van der Waals surface area contributed by atoms with Gasteiger partial charge >= 0.3 is 12.1 Å². The molecule has 0 bridgehead atoms. The van der Waals surface area contributed by atoms with Crippen LogP contribution in [0.15, 0.2) is 24.3 Å². The number of para-hydroxylation sites is 1. The molecule has 1 aromatic rings. The topological polar surface area (TPSA) is 88.4 Å². The van der Waals surface area contributed by atoms with Crippen molar-refractivity contribution in [1.29, 1.82) is 5.26 Å². The van der Waals surface area contributed by atoms with E-state index in [0.717, 1.165) is 0 Å². The molecule has 0 fully saturated rings. The van der Waals surface area contributed by atoms with Crippen LogP contribution in [0.4, 0.5) is 4.79 Å². The van der Waals surface area contributed by atoms with E-state index in [-0.39, 0.29) is 24.5 Å². The Balaban J connectivity index is 2.50. The maximum Gasteiger partial charge on any atom is 0.413 e. The van der Waals surface area contributed by atoms with Gasteiger partial charge in [0, 0.05) is 0 Å². The molecule has 18 heavy (non-hydrogen) atoms. The van der Waals surface area contributed by atoms with Crippen molar-refractivity contribution in [3.8, 4) is 11.8 Å². The predicted octanol–water partition coefficient (Wildman–Crippen LogP) is 1.21. The summed E-state index contributed by atoms with van der Waals surface area (Å²) in [5, 5.41) is 11.0. The summed E-state index contributed by atoms with van der Waals surface area (Å²) in [6.07, 6.45) is -0.814. The SMILES string of the molecule is CCOC(=O)CNC(=O)Oc1ccccc1C#N. The van der Waals surface area contributed by atoms with Crippen molar-refractivity contribution in [3.63, 3.8) is 0 Å². The van der Waals surface area contributed by atoms with E-state index < -0.39 is 12.1 Å². The zero-order valence-electron chi connectivity index (χ0n) is 9.80. The first kappa shape index (κ1) is 13.5. The Morgan fingerprint density at radius 1 is 1.39 bits per heavy atom. The number of amides is 1. The number of benzene rings is 1. The van der Waals surface area contributed by atoms with Crippen LogP contribution in [0.1, 0.15) is 12.5 Å². The molecule has 1 aromatic carbocycles. The molecule has 0 heterocycles. The van der Waals surface area contributed by atoms with Crippen LogP contribution in [0, 0.1) is 11.3 Å². The van der Waals surface area contributed by atoms with Gasteiger partial charge in [-0.2, -0.15) is 5.26 Å². The van der Waals surface area contributed by atoms with Gasteiger partial charge in [0.2, 0.25) is 0 Å². The highest BCUT2D eigenvalue weighted by Gasteiger charge is 2.10. The quantitative estimate of drug-likeness (QED) is 0.809. The van der Waals surface area contributed by atoms with E-state index in [1.807, 2.05) is 6.07 Å². The van der Waals surface area contributed by atoms with Crippen LogP contribution >= 0.6 is 0 Å². The van der Waals surface area contributed by atoms with Crippen LogP contribution in [0.3, 0.4) is 0 Å². The largest absolute Gasteiger partial charge is 0.465 e. The number of rotatable bonds is 4. The summed E-state index contributed by atoms with van der Waals surface area (Å²) in [5.41, 5.74) is 0.240. The van der Waals surface area contributed by atoms with Crippen LogP contribution in [0.2, 0.25) is 0 Å². The summed E-state index contributed by atoms with van der Waals surface area (Å²) in [7, 11) is 0. The van der Waals surface area contributed by atoms with Crippen molar-refractivity contribution in [3.05, 3.63) is 29.8 Å². The first-order valence-electron chi connectivity index (χ1n) is 5.27. The van der Waals surface area contributed by atoms with Crippen LogP contribution < -0.4 is 10.1 Å². The Labute approximate surface area is 104 Å². The second-order valence-corrected chi connectivity index (χ2v) is 3.16. The number of esters is 1. The summed E-state index contributed by atoms with van der Waals surface area (Å²) in [4.78, 5) is 22.3. The molecule has 6 nitrogen and oxygen atoms in total. The zero-order valence-corrected chi connectivity index (χ0v) is 9.80. The number of carbonyl (C=O) groups excluding carboxylic acids is 2. The lowest BCUT2D eigenvalue weighted by atomic mass is 10.2. The lowest BCUT2D eigenvalue weighted by Gasteiger charge is -2.07. The van der Waals surface area contributed by atoms with Gasteiger partial charge in [0.15, 0.2) is 5.75 Å². The molecule has 0 aliphatic rings. The van der Waals surface area contributed by atoms with Crippen LogP contribution in [0.25, 0.3) is 0 Å². The number of hydrogen-bond acceptors (Lipinski definition) is 5. The lowest BCUT2D eigenvalue weighted by molar-refractivity contribution is -0.141. The van der Waals surface area contributed by atoms with E-state index in [0.29, 0.717) is 0 Å². The van der Waals surface area contributed by atoms with Crippen LogP contribution in [-0.4, -0.2) is 25.2 Å². The Hall–Kier alpha value is -2.55. The van der Waals surface area contributed by atoms with Gasteiger partial charge in [0.1, 0.15) is 12.6 Å². The minimum atomic E-state index is -0.814. The Morgan fingerprint density at radius 3 is 2.78 bits per heavy atom. The van der Waals surface area contributed by atoms with Crippen molar-refractivity contribution in [2.45, 2.75) is 6.92 Å². The maximum absolute atomic E-state index is 11.3. The number of nitrogens with zero attached hydrogens (tertiary/aromatic N) is 1. The summed E-state index contributed by atoms with van der Waals surface area (Å²) in [6, 6.07) is 8.19. The lowest BCUT2D eigenvalue weighted by Crippen LogP contribution is -2.33. The highest BCUT2D eigenvalue weighted by molar-refractivity contribution is 5.79. The highest BCUT2D eigenvalue weighted by atomic mass is 16.6. The molecular formula is C12H12N2O4. The number of carbonyl (C=O) groups is 2. The molecule has 0 radical (unpaired) electrons. The molecule has 0 aromatic heterocycles. The Bertz CT molecular complexity index is 479. The van der Waals surface area contributed by atoms with Gasteiger partial charge in [-0.15, -0.1) is 0 Å². The van der Waals surface area contributed by atoms with Crippen LogP contribution in [-0.2, 0) is 9.53 Å². The van der Waals surface area contributed by atoms with Gasteiger partial charge < -0.3 is 14.8 Å². The summed E-state index contributed by atoms with van der Waals surface area (Å²) in [5.74, 6) is -0.413. The molecule has 1 rings (SSSR count).